The molecule has 0 saturated heterocycles. The number of hydrogen-bond donors (Lipinski definition) is 1. The van der Waals surface area contributed by atoms with Crippen LogP contribution in [-0.2, 0) is 0 Å². The predicted molar refractivity (Wildman–Crippen MR) is 94.9 cm³/mol. The summed E-state index contributed by atoms with van der Waals surface area (Å²) < 4.78 is 0. The van der Waals surface area contributed by atoms with E-state index in [0.717, 1.165) is 16.9 Å². The minimum atomic E-state index is 0.0728. The molecule has 0 aliphatic rings. The lowest BCUT2D eigenvalue weighted by atomic mass is 9.91. The number of nitrogens with one attached hydrogen (secondary N) is 1. The van der Waals surface area contributed by atoms with E-state index in [9.17, 15) is 0 Å². The van der Waals surface area contributed by atoms with Crippen molar-refractivity contribution in [1.29, 1.82) is 0 Å². The quantitative estimate of drug-likeness (QED) is 0.538. The number of hydrogen-bond acceptors (Lipinski definition) is 1. The predicted octanol–water partition coefficient (Wildman–Crippen LogP) is 5.40. The number of rotatable bonds is 3. The molecule has 3 heteroatoms. The number of aromatic nitrogens is 2. The van der Waals surface area contributed by atoms with Crippen molar-refractivity contribution in [3.63, 3.8) is 0 Å². The van der Waals surface area contributed by atoms with Crippen molar-refractivity contribution in [2.75, 3.05) is 0 Å². The van der Waals surface area contributed by atoms with E-state index in [1.165, 1.54) is 11.1 Å². The summed E-state index contributed by atoms with van der Waals surface area (Å²) in [5.41, 5.74) is 4.32. The number of halogens is 1. The van der Waals surface area contributed by atoms with E-state index in [-0.39, 0.29) is 5.92 Å². The fourth-order valence-corrected chi connectivity index (χ4v) is 3.11. The standard InChI is InChI=1S/C20H15ClN2/c21-16-11-12-17-18(13-16)23-20(22-17)19(14-7-3-1-4-8-14)15-9-5-2-6-10-15/h1-13,19H,(H,22,23). The first kappa shape index (κ1) is 14.0. The average molecular weight is 319 g/mol. The topological polar surface area (TPSA) is 28.7 Å². The van der Waals surface area contributed by atoms with Crippen LogP contribution < -0.4 is 0 Å². The maximum Gasteiger partial charge on any atom is 0.119 e. The zero-order valence-electron chi connectivity index (χ0n) is 12.4. The van der Waals surface area contributed by atoms with Crippen LogP contribution in [0.5, 0.6) is 0 Å². The third-order valence-corrected chi connectivity index (χ3v) is 4.24. The van der Waals surface area contributed by atoms with Crippen LogP contribution in [-0.4, -0.2) is 9.97 Å². The molecule has 0 unspecified atom stereocenters. The summed E-state index contributed by atoms with van der Waals surface area (Å²) in [5.74, 6) is 1.00. The number of aromatic amines is 1. The molecule has 0 aliphatic carbocycles. The highest BCUT2D eigenvalue weighted by Gasteiger charge is 2.20. The van der Waals surface area contributed by atoms with Crippen LogP contribution in [0.2, 0.25) is 5.02 Å². The maximum absolute atomic E-state index is 6.09. The molecule has 0 atom stereocenters. The van der Waals surface area contributed by atoms with Crippen LogP contribution >= 0.6 is 11.6 Å². The lowest BCUT2D eigenvalue weighted by Crippen LogP contribution is -2.05. The molecule has 4 aromatic rings. The molecule has 0 amide bonds. The van der Waals surface area contributed by atoms with Crippen molar-refractivity contribution in [2.24, 2.45) is 0 Å². The average Bonchev–Trinajstić information content (AvgIpc) is 2.99. The molecule has 4 rings (SSSR count). The van der Waals surface area contributed by atoms with Crippen molar-refractivity contribution < 1.29 is 0 Å². The van der Waals surface area contributed by atoms with Crippen LogP contribution in [0, 0.1) is 0 Å². The second-order valence-electron chi connectivity index (χ2n) is 5.54. The molecule has 3 aromatic carbocycles. The van der Waals surface area contributed by atoms with Crippen LogP contribution in [0.15, 0.2) is 78.9 Å². The van der Waals surface area contributed by atoms with Gasteiger partial charge in [-0.25, -0.2) is 4.98 Å². The van der Waals surface area contributed by atoms with Gasteiger partial charge in [0.2, 0.25) is 0 Å². The Labute approximate surface area is 139 Å². The summed E-state index contributed by atoms with van der Waals surface area (Å²) in [5, 5.41) is 0.712. The summed E-state index contributed by atoms with van der Waals surface area (Å²) >= 11 is 6.09. The molecule has 2 nitrogen and oxygen atoms in total. The van der Waals surface area contributed by atoms with Gasteiger partial charge in [-0.15, -0.1) is 0 Å². The molecule has 0 radical (unpaired) electrons. The Morgan fingerprint density at radius 3 is 2.00 bits per heavy atom. The number of fused-ring (bicyclic) bond motifs is 1. The highest BCUT2D eigenvalue weighted by molar-refractivity contribution is 6.31. The summed E-state index contributed by atoms with van der Waals surface area (Å²) in [6, 6.07) is 26.6. The molecular formula is C20H15ClN2. The first-order chi connectivity index (χ1) is 11.3. The van der Waals surface area contributed by atoms with Gasteiger partial charge in [0.25, 0.3) is 0 Å². The van der Waals surface area contributed by atoms with Gasteiger partial charge < -0.3 is 4.98 Å². The lowest BCUT2D eigenvalue weighted by molar-refractivity contribution is 0.891. The van der Waals surface area contributed by atoms with Crippen LogP contribution in [0.1, 0.15) is 22.9 Å². The van der Waals surface area contributed by atoms with E-state index >= 15 is 0 Å². The van der Waals surface area contributed by atoms with Gasteiger partial charge in [0.05, 0.1) is 17.0 Å². The van der Waals surface area contributed by atoms with Gasteiger partial charge in [-0.3, -0.25) is 0 Å². The molecule has 1 N–H and O–H groups in total. The number of nitrogens with zero attached hydrogens (tertiary/aromatic N) is 1. The molecule has 23 heavy (non-hydrogen) atoms. The van der Waals surface area contributed by atoms with E-state index < -0.39 is 0 Å². The Bertz CT molecular complexity index is 890. The van der Waals surface area contributed by atoms with Crippen LogP contribution in [0.3, 0.4) is 0 Å². The van der Waals surface area contributed by atoms with Gasteiger partial charge in [-0.1, -0.05) is 72.3 Å². The molecule has 0 saturated carbocycles. The second-order valence-corrected chi connectivity index (χ2v) is 5.97. The minimum absolute atomic E-state index is 0.0728. The third kappa shape index (κ3) is 2.73. The Kier molecular flexibility index (Phi) is 3.60. The lowest BCUT2D eigenvalue weighted by Gasteiger charge is -2.15. The molecule has 1 aromatic heterocycles. The monoisotopic (exact) mass is 318 g/mol. The van der Waals surface area contributed by atoms with Gasteiger partial charge in [0.1, 0.15) is 5.82 Å². The van der Waals surface area contributed by atoms with E-state index in [1.807, 2.05) is 30.3 Å². The van der Waals surface area contributed by atoms with Crippen LogP contribution in [0.25, 0.3) is 11.0 Å². The highest BCUT2D eigenvalue weighted by atomic mass is 35.5. The van der Waals surface area contributed by atoms with E-state index in [0.29, 0.717) is 5.02 Å². The fraction of sp³-hybridized carbons (Fsp3) is 0.0500. The van der Waals surface area contributed by atoms with Crippen molar-refractivity contribution in [3.05, 3.63) is 101 Å². The Hall–Kier alpha value is -2.58. The highest BCUT2D eigenvalue weighted by Crippen LogP contribution is 2.31. The van der Waals surface area contributed by atoms with Gasteiger partial charge in [-0.05, 0) is 29.3 Å². The minimum Gasteiger partial charge on any atom is -0.341 e. The number of benzene rings is 3. The summed E-state index contributed by atoms with van der Waals surface area (Å²) in [4.78, 5) is 8.23. The fourth-order valence-electron chi connectivity index (χ4n) is 2.94. The van der Waals surface area contributed by atoms with Crippen molar-refractivity contribution >= 4 is 22.6 Å². The van der Waals surface area contributed by atoms with Gasteiger partial charge in [-0.2, -0.15) is 0 Å². The van der Waals surface area contributed by atoms with Gasteiger partial charge >= 0.3 is 0 Å². The molecule has 0 spiro atoms. The summed E-state index contributed by atoms with van der Waals surface area (Å²) in [6.07, 6.45) is 0. The third-order valence-electron chi connectivity index (χ3n) is 4.00. The SMILES string of the molecule is Clc1ccc2nc(C(c3ccccc3)c3ccccc3)[nH]c2c1. The van der Waals surface area contributed by atoms with Crippen molar-refractivity contribution in [1.82, 2.24) is 9.97 Å². The Balaban J connectivity index is 1.90. The Morgan fingerprint density at radius 1 is 0.783 bits per heavy atom. The second kappa shape index (κ2) is 5.90. The number of H-pyrrole nitrogens is 1. The molecule has 1 heterocycles. The number of imidazole rings is 1. The van der Waals surface area contributed by atoms with Crippen LogP contribution in [0.4, 0.5) is 0 Å². The van der Waals surface area contributed by atoms with E-state index in [4.69, 9.17) is 16.6 Å². The molecule has 0 fully saturated rings. The molecule has 0 bridgehead atoms. The summed E-state index contributed by atoms with van der Waals surface area (Å²) in [7, 11) is 0. The zero-order chi connectivity index (χ0) is 15.6. The first-order valence-electron chi connectivity index (χ1n) is 7.56. The zero-order valence-corrected chi connectivity index (χ0v) is 13.2. The smallest absolute Gasteiger partial charge is 0.119 e. The van der Waals surface area contributed by atoms with E-state index in [1.54, 1.807) is 0 Å². The van der Waals surface area contributed by atoms with Crippen molar-refractivity contribution in [2.45, 2.75) is 5.92 Å². The van der Waals surface area contributed by atoms with Gasteiger partial charge in [0.15, 0.2) is 0 Å². The Morgan fingerprint density at radius 2 is 1.39 bits per heavy atom. The molecular weight excluding hydrogens is 304 g/mol. The van der Waals surface area contributed by atoms with Crippen molar-refractivity contribution in [3.8, 4) is 0 Å². The first-order valence-corrected chi connectivity index (χ1v) is 7.94. The summed E-state index contributed by atoms with van der Waals surface area (Å²) in [6.45, 7) is 0. The largest absolute Gasteiger partial charge is 0.341 e. The van der Waals surface area contributed by atoms with Gasteiger partial charge in [0, 0.05) is 5.02 Å². The molecule has 112 valence electrons. The van der Waals surface area contributed by atoms with E-state index in [2.05, 4.69) is 53.5 Å². The maximum atomic E-state index is 6.09. The molecule has 0 aliphatic heterocycles. The normalized spacial score (nSPS) is 11.2.